The second-order valence-corrected chi connectivity index (χ2v) is 5.92. The standard InChI is InChI=1S/C15H34N2O3/c1-6-19-7-8-20-12-15(18)10-16-14(9-13(2)3)11-17(4)5/h13-16,18H,6-12H2,1-5H3. The van der Waals surface area contributed by atoms with Crippen molar-refractivity contribution in [1.82, 2.24) is 10.2 Å². The van der Waals surface area contributed by atoms with Crippen LogP contribution in [0.15, 0.2) is 0 Å². The molecule has 0 saturated heterocycles. The molecule has 122 valence electrons. The number of likely N-dealkylation sites (N-methyl/N-ethyl adjacent to an activating group) is 1. The molecule has 0 bridgehead atoms. The van der Waals surface area contributed by atoms with Gasteiger partial charge >= 0.3 is 0 Å². The molecule has 0 spiro atoms. The van der Waals surface area contributed by atoms with E-state index in [1.54, 1.807) is 0 Å². The Balaban J connectivity index is 3.77. The summed E-state index contributed by atoms with van der Waals surface area (Å²) in [6, 6.07) is 0.406. The summed E-state index contributed by atoms with van der Waals surface area (Å²) in [5.74, 6) is 0.645. The van der Waals surface area contributed by atoms with Gasteiger partial charge in [-0.05, 0) is 33.4 Å². The van der Waals surface area contributed by atoms with Crippen molar-refractivity contribution < 1.29 is 14.6 Å². The Morgan fingerprint density at radius 3 is 2.35 bits per heavy atom. The number of hydrogen-bond acceptors (Lipinski definition) is 5. The highest BCUT2D eigenvalue weighted by Crippen LogP contribution is 2.05. The number of nitrogens with zero attached hydrogens (tertiary/aromatic N) is 1. The summed E-state index contributed by atoms with van der Waals surface area (Å²) in [5.41, 5.74) is 0. The Bertz CT molecular complexity index is 203. The van der Waals surface area contributed by atoms with Gasteiger partial charge in [0.2, 0.25) is 0 Å². The fourth-order valence-corrected chi connectivity index (χ4v) is 2.08. The van der Waals surface area contributed by atoms with E-state index in [4.69, 9.17) is 9.47 Å². The predicted molar refractivity (Wildman–Crippen MR) is 83.1 cm³/mol. The van der Waals surface area contributed by atoms with Gasteiger partial charge in [-0.1, -0.05) is 13.8 Å². The maximum Gasteiger partial charge on any atom is 0.0897 e. The van der Waals surface area contributed by atoms with E-state index in [1.165, 1.54) is 0 Å². The molecule has 5 heteroatoms. The maximum atomic E-state index is 9.88. The van der Waals surface area contributed by atoms with E-state index in [0.29, 0.717) is 44.9 Å². The van der Waals surface area contributed by atoms with E-state index in [-0.39, 0.29) is 0 Å². The van der Waals surface area contributed by atoms with Crippen LogP contribution >= 0.6 is 0 Å². The van der Waals surface area contributed by atoms with Crippen molar-refractivity contribution in [3.05, 3.63) is 0 Å². The predicted octanol–water partition coefficient (Wildman–Crippen LogP) is 0.966. The molecule has 0 aromatic carbocycles. The Hall–Kier alpha value is -0.200. The topological polar surface area (TPSA) is 54.0 Å². The summed E-state index contributed by atoms with van der Waals surface area (Å²) in [5, 5.41) is 13.3. The number of rotatable bonds is 13. The van der Waals surface area contributed by atoms with Gasteiger partial charge in [-0.15, -0.1) is 0 Å². The molecule has 2 N–H and O–H groups in total. The van der Waals surface area contributed by atoms with Crippen LogP contribution in [-0.4, -0.2) is 75.8 Å². The lowest BCUT2D eigenvalue weighted by molar-refractivity contribution is 0.00532. The molecule has 0 radical (unpaired) electrons. The minimum atomic E-state index is -0.464. The molecule has 0 amide bonds. The molecule has 5 nitrogen and oxygen atoms in total. The molecule has 2 atom stereocenters. The van der Waals surface area contributed by atoms with Crippen molar-refractivity contribution in [2.75, 3.05) is 53.6 Å². The number of hydrogen-bond donors (Lipinski definition) is 2. The van der Waals surface area contributed by atoms with Gasteiger partial charge < -0.3 is 24.8 Å². The number of nitrogens with one attached hydrogen (secondary N) is 1. The molecule has 0 rings (SSSR count). The van der Waals surface area contributed by atoms with Gasteiger partial charge in [-0.3, -0.25) is 0 Å². The third-order valence-corrected chi connectivity index (χ3v) is 2.87. The van der Waals surface area contributed by atoms with Gasteiger partial charge in [0.15, 0.2) is 0 Å². The molecule has 0 heterocycles. The van der Waals surface area contributed by atoms with Gasteiger partial charge in [0.25, 0.3) is 0 Å². The lowest BCUT2D eigenvalue weighted by Crippen LogP contribution is -2.43. The van der Waals surface area contributed by atoms with Gasteiger partial charge in [0, 0.05) is 25.7 Å². The van der Waals surface area contributed by atoms with Crippen LogP contribution in [-0.2, 0) is 9.47 Å². The number of ether oxygens (including phenoxy) is 2. The number of aliphatic hydroxyl groups excluding tert-OH is 1. The molecular weight excluding hydrogens is 256 g/mol. The molecule has 0 fully saturated rings. The van der Waals surface area contributed by atoms with E-state index in [9.17, 15) is 5.11 Å². The van der Waals surface area contributed by atoms with Crippen LogP contribution in [0.3, 0.4) is 0 Å². The second-order valence-electron chi connectivity index (χ2n) is 5.92. The largest absolute Gasteiger partial charge is 0.389 e. The molecular formula is C15H34N2O3. The molecule has 0 aliphatic rings. The average Bonchev–Trinajstić information content (AvgIpc) is 2.34. The Labute approximate surface area is 124 Å². The van der Waals surface area contributed by atoms with Gasteiger partial charge in [-0.2, -0.15) is 0 Å². The first kappa shape index (κ1) is 19.8. The van der Waals surface area contributed by atoms with Gasteiger partial charge in [0.1, 0.15) is 0 Å². The van der Waals surface area contributed by atoms with Crippen LogP contribution in [0.4, 0.5) is 0 Å². The summed E-state index contributed by atoms with van der Waals surface area (Å²) in [7, 11) is 4.14. The monoisotopic (exact) mass is 290 g/mol. The maximum absolute atomic E-state index is 9.88. The zero-order chi connectivity index (χ0) is 15.4. The molecule has 0 saturated carbocycles. The first-order chi connectivity index (χ1) is 9.45. The van der Waals surface area contributed by atoms with E-state index >= 15 is 0 Å². The van der Waals surface area contributed by atoms with Gasteiger partial charge in [0.05, 0.1) is 25.9 Å². The molecule has 0 aromatic heterocycles. The Morgan fingerprint density at radius 2 is 1.80 bits per heavy atom. The van der Waals surface area contributed by atoms with Crippen molar-refractivity contribution in [1.29, 1.82) is 0 Å². The van der Waals surface area contributed by atoms with Gasteiger partial charge in [-0.25, -0.2) is 0 Å². The lowest BCUT2D eigenvalue weighted by Gasteiger charge is -2.25. The molecule has 20 heavy (non-hydrogen) atoms. The zero-order valence-corrected chi connectivity index (χ0v) is 13.9. The van der Waals surface area contributed by atoms with Crippen LogP contribution in [0.2, 0.25) is 0 Å². The quantitative estimate of drug-likeness (QED) is 0.495. The van der Waals surface area contributed by atoms with E-state index < -0.39 is 6.10 Å². The normalized spacial score (nSPS) is 15.0. The zero-order valence-electron chi connectivity index (χ0n) is 13.9. The fraction of sp³-hybridized carbons (Fsp3) is 1.00. The van der Waals surface area contributed by atoms with Crippen LogP contribution in [0.5, 0.6) is 0 Å². The highest BCUT2D eigenvalue weighted by atomic mass is 16.5. The van der Waals surface area contributed by atoms with Crippen molar-refractivity contribution in [3.8, 4) is 0 Å². The Morgan fingerprint density at radius 1 is 1.15 bits per heavy atom. The second kappa shape index (κ2) is 12.5. The first-order valence-corrected chi connectivity index (χ1v) is 7.67. The Kier molecular flexibility index (Phi) is 12.4. The van der Waals surface area contributed by atoms with Crippen molar-refractivity contribution >= 4 is 0 Å². The molecule has 0 aromatic rings. The smallest absolute Gasteiger partial charge is 0.0897 e. The molecule has 0 aliphatic carbocycles. The van der Waals surface area contributed by atoms with E-state index in [0.717, 1.165) is 13.0 Å². The average molecular weight is 290 g/mol. The van der Waals surface area contributed by atoms with E-state index in [2.05, 4.69) is 38.2 Å². The molecule has 2 unspecified atom stereocenters. The van der Waals surface area contributed by atoms with Crippen LogP contribution in [0.25, 0.3) is 0 Å². The summed E-state index contributed by atoms with van der Waals surface area (Å²) in [4.78, 5) is 2.17. The number of aliphatic hydroxyl groups is 1. The highest BCUT2D eigenvalue weighted by Gasteiger charge is 2.13. The lowest BCUT2D eigenvalue weighted by atomic mass is 10.0. The minimum absolute atomic E-state index is 0.358. The van der Waals surface area contributed by atoms with Crippen LogP contribution < -0.4 is 5.32 Å². The summed E-state index contributed by atoms with van der Waals surface area (Å²) in [6.07, 6.45) is 0.643. The van der Waals surface area contributed by atoms with Crippen molar-refractivity contribution in [2.24, 2.45) is 5.92 Å². The third kappa shape index (κ3) is 12.8. The SMILES string of the molecule is CCOCCOCC(O)CNC(CC(C)C)CN(C)C. The molecule has 0 aliphatic heterocycles. The van der Waals surface area contributed by atoms with Crippen molar-refractivity contribution in [2.45, 2.75) is 39.3 Å². The first-order valence-electron chi connectivity index (χ1n) is 7.67. The highest BCUT2D eigenvalue weighted by molar-refractivity contribution is 4.73. The third-order valence-electron chi connectivity index (χ3n) is 2.87. The summed E-state index contributed by atoms with van der Waals surface area (Å²) < 4.78 is 10.5. The van der Waals surface area contributed by atoms with Crippen LogP contribution in [0.1, 0.15) is 27.2 Å². The summed E-state index contributed by atoms with van der Waals surface area (Å²) >= 11 is 0. The van der Waals surface area contributed by atoms with Crippen molar-refractivity contribution in [3.63, 3.8) is 0 Å². The minimum Gasteiger partial charge on any atom is -0.389 e. The van der Waals surface area contributed by atoms with Crippen LogP contribution in [0, 0.1) is 5.92 Å². The van der Waals surface area contributed by atoms with E-state index in [1.807, 2.05) is 6.92 Å². The fourth-order valence-electron chi connectivity index (χ4n) is 2.08. The summed E-state index contributed by atoms with van der Waals surface area (Å²) in [6.45, 7) is 10.1.